The van der Waals surface area contributed by atoms with Gasteiger partial charge in [-0.15, -0.1) is 0 Å². The van der Waals surface area contributed by atoms with Gasteiger partial charge in [0.15, 0.2) is 0 Å². The van der Waals surface area contributed by atoms with Gasteiger partial charge in [0.2, 0.25) is 0 Å². The molecule has 1 aliphatic rings. The number of aromatic nitrogens is 3. The largest absolute Gasteiger partial charge is 0.493 e. The number of ether oxygens (including phenoxy) is 3. The lowest BCUT2D eigenvalue weighted by molar-refractivity contribution is -0.141. The first-order valence-corrected chi connectivity index (χ1v) is 13.9. The van der Waals surface area contributed by atoms with E-state index in [2.05, 4.69) is 11.1 Å². The number of fused-ring (bicyclic) bond motifs is 2. The van der Waals surface area contributed by atoms with Crippen molar-refractivity contribution in [1.29, 1.82) is 0 Å². The lowest BCUT2D eigenvalue weighted by atomic mass is 10.1. The molecule has 0 radical (unpaired) electrons. The molecule has 0 bridgehead atoms. The van der Waals surface area contributed by atoms with Crippen LogP contribution in [0.3, 0.4) is 0 Å². The molecule has 0 aliphatic carbocycles. The zero-order valence-corrected chi connectivity index (χ0v) is 24.0. The number of nitrogens with zero attached hydrogens (tertiary/aromatic N) is 4. The fourth-order valence-corrected chi connectivity index (χ4v) is 5.05. The van der Waals surface area contributed by atoms with Crippen LogP contribution in [0.1, 0.15) is 56.6 Å². The van der Waals surface area contributed by atoms with Crippen LogP contribution < -0.4 is 9.64 Å². The molecule has 4 aromatic rings. The van der Waals surface area contributed by atoms with Crippen molar-refractivity contribution in [1.82, 2.24) is 14.5 Å². The minimum Gasteiger partial charge on any atom is -0.493 e. The molecule has 1 aromatic carbocycles. The van der Waals surface area contributed by atoms with E-state index < -0.39 is 5.60 Å². The van der Waals surface area contributed by atoms with Crippen molar-refractivity contribution in [2.45, 2.75) is 58.1 Å². The van der Waals surface area contributed by atoms with Crippen LogP contribution in [-0.2, 0) is 27.1 Å². The number of rotatable bonds is 8. The standard InChI is InChI=1S/C32H36N4O5/c1-32(2,3)41-31(38)36-17-7-8-22-10-11-24(34-30(22)36)15-19-40-25-12-13-27-23(20-25)14-18-35(27)28(21-29(37)39-4)26-9-5-6-16-33-26/h5-6,9-14,16,18,20,28H,7-8,15,17,19,21H2,1-4H3. The molecule has 4 heterocycles. The van der Waals surface area contributed by atoms with Gasteiger partial charge in [0.05, 0.1) is 31.9 Å². The fourth-order valence-electron chi connectivity index (χ4n) is 5.05. The number of pyridine rings is 2. The molecular formula is C32H36N4O5. The maximum absolute atomic E-state index is 12.8. The van der Waals surface area contributed by atoms with Crippen molar-refractivity contribution in [3.05, 3.63) is 83.9 Å². The summed E-state index contributed by atoms with van der Waals surface area (Å²) in [4.78, 5) is 35.9. The number of methoxy groups -OCH3 is 1. The van der Waals surface area contributed by atoms with Gasteiger partial charge in [0, 0.05) is 42.0 Å². The maximum Gasteiger partial charge on any atom is 0.416 e. The Morgan fingerprint density at radius 3 is 2.68 bits per heavy atom. The Balaban J connectivity index is 1.28. The summed E-state index contributed by atoms with van der Waals surface area (Å²) in [6.45, 7) is 6.62. The van der Waals surface area contributed by atoms with Gasteiger partial charge in [0.1, 0.15) is 17.2 Å². The van der Waals surface area contributed by atoms with Crippen LogP contribution in [0.15, 0.2) is 67.0 Å². The van der Waals surface area contributed by atoms with E-state index in [1.165, 1.54) is 7.11 Å². The number of carbonyl (C=O) groups excluding carboxylic acids is 2. The summed E-state index contributed by atoms with van der Waals surface area (Å²) in [7, 11) is 1.39. The third-order valence-electron chi connectivity index (χ3n) is 6.98. The third-order valence-corrected chi connectivity index (χ3v) is 6.98. The molecule has 9 heteroatoms. The number of esters is 1. The molecule has 0 fully saturated rings. The number of hydrogen-bond donors (Lipinski definition) is 0. The highest BCUT2D eigenvalue weighted by Crippen LogP contribution is 2.30. The molecule has 0 saturated carbocycles. The molecule has 41 heavy (non-hydrogen) atoms. The SMILES string of the molecule is COC(=O)CC(c1ccccn1)n1ccc2cc(OCCc3ccc4c(n3)N(C(=O)OC(C)(C)C)CCC4)ccc21. The minimum absolute atomic E-state index is 0.175. The molecule has 1 unspecified atom stereocenters. The second-order valence-corrected chi connectivity index (χ2v) is 11.1. The van der Waals surface area contributed by atoms with Crippen LogP contribution in [0, 0.1) is 0 Å². The maximum atomic E-state index is 12.8. The van der Waals surface area contributed by atoms with Gasteiger partial charge in [-0.05, 0) is 81.6 Å². The number of aryl methyl sites for hydroxylation is 1. The summed E-state index contributed by atoms with van der Waals surface area (Å²) >= 11 is 0. The van der Waals surface area contributed by atoms with E-state index in [4.69, 9.17) is 19.2 Å². The van der Waals surface area contributed by atoms with E-state index in [9.17, 15) is 9.59 Å². The normalized spacial score (nSPS) is 13.9. The van der Waals surface area contributed by atoms with Crippen molar-refractivity contribution in [2.75, 3.05) is 25.2 Å². The zero-order chi connectivity index (χ0) is 29.0. The van der Waals surface area contributed by atoms with Crippen LogP contribution in [-0.4, -0.2) is 52.5 Å². The first-order chi connectivity index (χ1) is 19.7. The number of carbonyl (C=O) groups is 2. The molecule has 214 valence electrons. The highest BCUT2D eigenvalue weighted by molar-refractivity contribution is 5.88. The van der Waals surface area contributed by atoms with Crippen molar-refractivity contribution >= 4 is 28.8 Å². The first-order valence-electron chi connectivity index (χ1n) is 13.9. The Labute approximate surface area is 240 Å². The molecule has 1 atom stereocenters. The second kappa shape index (κ2) is 12.0. The molecule has 0 saturated heterocycles. The Bertz CT molecular complexity index is 1530. The number of amides is 1. The summed E-state index contributed by atoms with van der Waals surface area (Å²) in [6, 6.07) is 17.4. The lowest BCUT2D eigenvalue weighted by Gasteiger charge is -2.31. The quantitative estimate of drug-likeness (QED) is 0.250. The summed E-state index contributed by atoms with van der Waals surface area (Å²) < 4.78 is 18.7. The monoisotopic (exact) mass is 556 g/mol. The van der Waals surface area contributed by atoms with Crippen molar-refractivity contribution < 1.29 is 23.8 Å². The van der Waals surface area contributed by atoms with Crippen LogP contribution >= 0.6 is 0 Å². The van der Waals surface area contributed by atoms with Gasteiger partial charge in [-0.1, -0.05) is 12.1 Å². The molecule has 1 aliphatic heterocycles. The van der Waals surface area contributed by atoms with E-state index in [-0.39, 0.29) is 24.5 Å². The Morgan fingerprint density at radius 1 is 1.07 bits per heavy atom. The fraction of sp³-hybridized carbons (Fsp3) is 0.375. The molecule has 0 spiro atoms. The topological polar surface area (TPSA) is 95.8 Å². The third kappa shape index (κ3) is 6.67. The average molecular weight is 557 g/mol. The van der Waals surface area contributed by atoms with Gasteiger partial charge in [-0.3, -0.25) is 14.7 Å². The first kappa shape index (κ1) is 28.1. The van der Waals surface area contributed by atoms with Crippen LogP contribution in [0.4, 0.5) is 10.6 Å². The summed E-state index contributed by atoms with van der Waals surface area (Å²) in [6.07, 6.45) is 5.86. The van der Waals surface area contributed by atoms with Crippen LogP contribution in [0.25, 0.3) is 10.9 Å². The van der Waals surface area contributed by atoms with E-state index in [1.807, 2.05) is 80.1 Å². The van der Waals surface area contributed by atoms with E-state index in [0.717, 1.165) is 46.4 Å². The average Bonchev–Trinajstić information content (AvgIpc) is 3.38. The Morgan fingerprint density at radius 2 is 1.93 bits per heavy atom. The predicted octanol–water partition coefficient (Wildman–Crippen LogP) is 5.89. The molecule has 9 nitrogen and oxygen atoms in total. The van der Waals surface area contributed by atoms with Crippen LogP contribution in [0.5, 0.6) is 5.75 Å². The zero-order valence-electron chi connectivity index (χ0n) is 24.0. The van der Waals surface area contributed by atoms with Crippen molar-refractivity contribution in [3.8, 4) is 5.75 Å². The lowest BCUT2D eigenvalue weighted by Crippen LogP contribution is -2.40. The van der Waals surface area contributed by atoms with Crippen molar-refractivity contribution in [3.63, 3.8) is 0 Å². The number of benzene rings is 1. The van der Waals surface area contributed by atoms with E-state index in [1.54, 1.807) is 11.1 Å². The van der Waals surface area contributed by atoms with Crippen LogP contribution in [0.2, 0.25) is 0 Å². The predicted molar refractivity (Wildman–Crippen MR) is 156 cm³/mol. The Hall–Kier alpha value is -4.40. The number of hydrogen-bond acceptors (Lipinski definition) is 7. The van der Waals surface area contributed by atoms with Gasteiger partial charge in [0.25, 0.3) is 0 Å². The smallest absolute Gasteiger partial charge is 0.416 e. The van der Waals surface area contributed by atoms with Gasteiger partial charge in [-0.2, -0.15) is 0 Å². The molecule has 0 N–H and O–H groups in total. The van der Waals surface area contributed by atoms with E-state index in [0.29, 0.717) is 25.4 Å². The van der Waals surface area contributed by atoms with E-state index >= 15 is 0 Å². The van der Waals surface area contributed by atoms with Gasteiger partial charge < -0.3 is 18.8 Å². The molecular weight excluding hydrogens is 520 g/mol. The summed E-state index contributed by atoms with van der Waals surface area (Å²) in [5, 5.41) is 0.994. The summed E-state index contributed by atoms with van der Waals surface area (Å²) in [5.74, 6) is 1.12. The Kier molecular flexibility index (Phi) is 8.23. The minimum atomic E-state index is -0.567. The molecule has 5 rings (SSSR count). The number of anilines is 1. The highest BCUT2D eigenvalue weighted by atomic mass is 16.6. The summed E-state index contributed by atoms with van der Waals surface area (Å²) in [5.41, 5.74) is 3.10. The van der Waals surface area contributed by atoms with Crippen molar-refractivity contribution in [2.24, 2.45) is 0 Å². The molecule has 1 amide bonds. The van der Waals surface area contributed by atoms with Gasteiger partial charge in [-0.25, -0.2) is 9.78 Å². The molecule has 3 aromatic heterocycles. The highest BCUT2D eigenvalue weighted by Gasteiger charge is 2.28. The van der Waals surface area contributed by atoms with Gasteiger partial charge >= 0.3 is 12.1 Å². The second-order valence-electron chi connectivity index (χ2n) is 11.1.